The lowest BCUT2D eigenvalue weighted by atomic mass is 10.3. The van der Waals surface area contributed by atoms with Crippen LogP contribution in [0, 0.1) is 0 Å². The summed E-state index contributed by atoms with van der Waals surface area (Å²) in [5.41, 5.74) is 1.25. The zero-order valence-electron chi connectivity index (χ0n) is 8.54. The number of halogens is 1. The molecule has 0 amide bonds. The number of hydrogen-bond donors (Lipinski definition) is 2. The van der Waals surface area contributed by atoms with Gasteiger partial charge in [-0.2, -0.15) is 0 Å². The van der Waals surface area contributed by atoms with Crippen molar-refractivity contribution < 1.29 is 8.42 Å². The largest absolute Gasteiger partial charge is 0.385 e. The number of rotatable bonds is 4. The highest BCUT2D eigenvalue weighted by molar-refractivity contribution is 7.92. The van der Waals surface area contributed by atoms with Crippen LogP contribution >= 0.6 is 11.6 Å². The predicted octanol–water partition coefficient (Wildman–Crippen LogP) is 2.14. The van der Waals surface area contributed by atoms with Crippen molar-refractivity contribution in [1.82, 2.24) is 0 Å². The molecule has 0 atom stereocenters. The molecule has 0 saturated heterocycles. The molecule has 0 fully saturated rings. The van der Waals surface area contributed by atoms with E-state index in [-0.39, 0.29) is 0 Å². The molecule has 1 rings (SSSR count). The second-order valence-electron chi connectivity index (χ2n) is 3.13. The zero-order valence-corrected chi connectivity index (χ0v) is 10.1. The van der Waals surface area contributed by atoms with Gasteiger partial charge in [-0.15, -0.1) is 0 Å². The second-order valence-corrected chi connectivity index (χ2v) is 5.32. The van der Waals surface area contributed by atoms with Crippen molar-refractivity contribution in [2.45, 2.75) is 6.92 Å². The zero-order chi connectivity index (χ0) is 11.5. The number of hydrogen-bond acceptors (Lipinski definition) is 3. The van der Waals surface area contributed by atoms with Gasteiger partial charge in [0.2, 0.25) is 10.0 Å². The minimum Gasteiger partial charge on any atom is -0.385 e. The van der Waals surface area contributed by atoms with E-state index in [1.807, 2.05) is 6.92 Å². The summed E-state index contributed by atoms with van der Waals surface area (Å²) in [5, 5.41) is 3.54. The molecule has 0 spiro atoms. The van der Waals surface area contributed by atoms with Gasteiger partial charge in [0.25, 0.3) is 0 Å². The van der Waals surface area contributed by atoms with Crippen molar-refractivity contribution in [2.24, 2.45) is 0 Å². The van der Waals surface area contributed by atoms with E-state index < -0.39 is 10.0 Å². The molecule has 0 aliphatic heterocycles. The Morgan fingerprint density at radius 3 is 2.40 bits per heavy atom. The lowest BCUT2D eigenvalue weighted by molar-refractivity contribution is 0.607. The molecule has 2 N–H and O–H groups in total. The van der Waals surface area contributed by atoms with Crippen LogP contribution in [0.2, 0.25) is 5.02 Å². The van der Waals surface area contributed by atoms with Crippen LogP contribution < -0.4 is 10.0 Å². The molecular formula is C9H13ClN2O2S. The van der Waals surface area contributed by atoms with Gasteiger partial charge in [-0.05, 0) is 25.1 Å². The first-order valence-corrected chi connectivity index (χ1v) is 6.70. The van der Waals surface area contributed by atoms with Gasteiger partial charge in [-0.25, -0.2) is 8.42 Å². The monoisotopic (exact) mass is 248 g/mol. The van der Waals surface area contributed by atoms with Crippen LogP contribution in [0.1, 0.15) is 6.92 Å². The standard InChI is InChI=1S/C9H13ClN2O2S/c1-3-11-8-4-7(10)5-9(6-8)12-15(2,13)14/h4-6,11-12H,3H2,1-2H3. The Hall–Kier alpha value is -0.940. The SMILES string of the molecule is CCNc1cc(Cl)cc(NS(C)(=O)=O)c1. The second kappa shape index (κ2) is 4.72. The van der Waals surface area contributed by atoms with E-state index in [2.05, 4.69) is 10.0 Å². The third-order valence-electron chi connectivity index (χ3n) is 1.58. The van der Waals surface area contributed by atoms with Gasteiger partial charge in [0.1, 0.15) is 0 Å². The van der Waals surface area contributed by atoms with Crippen molar-refractivity contribution in [1.29, 1.82) is 0 Å². The molecule has 0 aromatic heterocycles. The third kappa shape index (κ3) is 4.40. The molecule has 6 heteroatoms. The van der Waals surface area contributed by atoms with Crippen LogP contribution in [0.25, 0.3) is 0 Å². The molecule has 0 saturated carbocycles. The van der Waals surface area contributed by atoms with Crippen molar-refractivity contribution in [2.75, 3.05) is 22.8 Å². The molecule has 0 heterocycles. The van der Waals surface area contributed by atoms with Crippen LogP contribution in [-0.2, 0) is 10.0 Å². The quantitative estimate of drug-likeness (QED) is 0.858. The molecular weight excluding hydrogens is 236 g/mol. The fourth-order valence-electron chi connectivity index (χ4n) is 1.17. The molecule has 15 heavy (non-hydrogen) atoms. The van der Waals surface area contributed by atoms with Crippen molar-refractivity contribution >= 4 is 33.0 Å². The van der Waals surface area contributed by atoms with E-state index in [4.69, 9.17) is 11.6 Å². The molecule has 0 aliphatic carbocycles. The van der Waals surface area contributed by atoms with E-state index in [1.165, 1.54) is 0 Å². The van der Waals surface area contributed by atoms with Gasteiger partial charge >= 0.3 is 0 Å². The van der Waals surface area contributed by atoms with Gasteiger partial charge < -0.3 is 5.32 Å². The predicted molar refractivity (Wildman–Crippen MR) is 64.1 cm³/mol. The molecule has 1 aromatic rings. The van der Waals surface area contributed by atoms with E-state index in [9.17, 15) is 8.42 Å². The Kier molecular flexibility index (Phi) is 3.82. The molecule has 0 unspecified atom stereocenters. The number of anilines is 2. The summed E-state index contributed by atoms with van der Waals surface area (Å²) >= 11 is 5.84. The summed E-state index contributed by atoms with van der Waals surface area (Å²) in [7, 11) is -3.26. The molecule has 4 nitrogen and oxygen atoms in total. The summed E-state index contributed by atoms with van der Waals surface area (Å²) < 4.78 is 24.4. The summed E-state index contributed by atoms with van der Waals surface area (Å²) in [6.07, 6.45) is 1.10. The summed E-state index contributed by atoms with van der Waals surface area (Å²) in [6.45, 7) is 2.70. The number of sulfonamides is 1. The fourth-order valence-corrected chi connectivity index (χ4v) is 1.95. The smallest absolute Gasteiger partial charge is 0.229 e. The Labute approximate surface area is 94.7 Å². The van der Waals surface area contributed by atoms with Crippen LogP contribution in [0.3, 0.4) is 0 Å². The first kappa shape index (κ1) is 12.1. The highest BCUT2D eigenvalue weighted by Crippen LogP contribution is 2.23. The summed E-state index contributed by atoms with van der Waals surface area (Å²) in [4.78, 5) is 0. The third-order valence-corrected chi connectivity index (χ3v) is 2.41. The summed E-state index contributed by atoms with van der Waals surface area (Å²) in [6, 6.07) is 4.98. The van der Waals surface area contributed by atoms with Crippen LogP contribution in [0.15, 0.2) is 18.2 Å². The highest BCUT2D eigenvalue weighted by Gasteiger charge is 2.04. The van der Waals surface area contributed by atoms with Gasteiger partial charge in [-0.3, -0.25) is 4.72 Å². The number of benzene rings is 1. The topological polar surface area (TPSA) is 58.2 Å². The normalized spacial score (nSPS) is 11.1. The van der Waals surface area contributed by atoms with E-state index in [0.29, 0.717) is 10.7 Å². The first-order valence-electron chi connectivity index (χ1n) is 4.43. The van der Waals surface area contributed by atoms with Crippen LogP contribution in [0.4, 0.5) is 11.4 Å². The number of nitrogens with one attached hydrogen (secondary N) is 2. The van der Waals surface area contributed by atoms with E-state index in [1.54, 1.807) is 18.2 Å². The van der Waals surface area contributed by atoms with Crippen molar-refractivity contribution in [3.63, 3.8) is 0 Å². The van der Waals surface area contributed by atoms with Crippen molar-refractivity contribution in [3.8, 4) is 0 Å². The van der Waals surface area contributed by atoms with E-state index in [0.717, 1.165) is 18.5 Å². The molecule has 0 bridgehead atoms. The average molecular weight is 249 g/mol. The Morgan fingerprint density at radius 1 is 1.27 bits per heavy atom. The lowest BCUT2D eigenvalue weighted by Crippen LogP contribution is -2.09. The van der Waals surface area contributed by atoms with Gasteiger partial charge in [0.05, 0.1) is 11.9 Å². The minimum absolute atomic E-state index is 0.459. The minimum atomic E-state index is -3.26. The Balaban J connectivity index is 2.98. The fraction of sp³-hybridized carbons (Fsp3) is 0.333. The van der Waals surface area contributed by atoms with Crippen molar-refractivity contribution in [3.05, 3.63) is 23.2 Å². The summed E-state index contributed by atoms with van der Waals surface area (Å²) in [5.74, 6) is 0. The van der Waals surface area contributed by atoms with Crippen LogP contribution in [0.5, 0.6) is 0 Å². The van der Waals surface area contributed by atoms with E-state index >= 15 is 0 Å². The van der Waals surface area contributed by atoms with Gasteiger partial charge in [0.15, 0.2) is 0 Å². The van der Waals surface area contributed by atoms with Gasteiger partial charge in [0, 0.05) is 17.3 Å². The molecule has 1 aromatic carbocycles. The Morgan fingerprint density at radius 2 is 1.87 bits per heavy atom. The Bertz CT molecular complexity index is 445. The maximum absolute atomic E-state index is 11.0. The maximum Gasteiger partial charge on any atom is 0.229 e. The molecule has 0 radical (unpaired) electrons. The average Bonchev–Trinajstić information content (AvgIpc) is 1.99. The lowest BCUT2D eigenvalue weighted by Gasteiger charge is -2.08. The van der Waals surface area contributed by atoms with Crippen LogP contribution in [-0.4, -0.2) is 21.2 Å². The molecule has 84 valence electrons. The maximum atomic E-state index is 11.0. The first-order chi connectivity index (χ1) is 6.90. The highest BCUT2D eigenvalue weighted by atomic mass is 35.5. The molecule has 0 aliphatic rings. The van der Waals surface area contributed by atoms with Gasteiger partial charge in [-0.1, -0.05) is 11.6 Å².